The van der Waals surface area contributed by atoms with Crippen LogP contribution in [0.5, 0.6) is 0 Å². The molecule has 0 amide bonds. The number of aliphatic hydroxyl groups excluding tert-OH is 1. The number of fused-ring (bicyclic) bond motifs is 1. The topological polar surface area (TPSA) is 51.2 Å². The van der Waals surface area contributed by atoms with Gasteiger partial charge in [0.2, 0.25) is 0 Å². The maximum atomic E-state index is 10.3. The molecule has 5 heteroatoms. The first-order chi connectivity index (χ1) is 9.70. The van der Waals surface area contributed by atoms with E-state index in [1.54, 1.807) is 12.3 Å². The number of nitrogens with zero attached hydrogens (tertiary/aromatic N) is 2. The molecule has 2 heterocycles. The zero-order chi connectivity index (χ0) is 14.1. The molecule has 0 radical (unpaired) electrons. The lowest BCUT2D eigenvalue weighted by Crippen LogP contribution is -2.08. The van der Waals surface area contributed by atoms with E-state index in [0.717, 1.165) is 27.9 Å². The molecule has 0 saturated carbocycles. The summed E-state index contributed by atoms with van der Waals surface area (Å²) in [5, 5.41) is 10.3. The summed E-state index contributed by atoms with van der Waals surface area (Å²) in [6.45, 7) is 2.90. The molecule has 1 atom stereocenters. The van der Waals surface area contributed by atoms with Gasteiger partial charge in [-0.05, 0) is 41.1 Å². The number of furan rings is 1. The Labute approximate surface area is 125 Å². The van der Waals surface area contributed by atoms with Crippen molar-refractivity contribution in [3.63, 3.8) is 0 Å². The van der Waals surface area contributed by atoms with E-state index in [0.29, 0.717) is 12.2 Å². The summed E-state index contributed by atoms with van der Waals surface area (Å²) in [6, 6.07) is 9.78. The third-order valence-corrected chi connectivity index (χ3v) is 4.03. The summed E-state index contributed by atoms with van der Waals surface area (Å²) >= 11 is 3.37. The fourth-order valence-corrected chi connectivity index (χ4v) is 2.91. The lowest BCUT2D eigenvalue weighted by molar-refractivity contribution is 0.146. The normalized spacial score (nSPS) is 12.9. The highest BCUT2D eigenvalue weighted by molar-refractivity contribution is 9.10. The molecule has 1 aromatic carbocycles. The van der Waals surface area contributed by atoms with Gasteiger partial charge < -0.3 is 14.1 Å². The van der Waals surface area contributed by atoms with Gasteiger partial charge in [0.05, 0.1) is 21.8 Å². The molecule has 2 aromatic heterocycles. The van der Waals surface area contributed by atoms with Gasteiger partial charge in [0.1, 0.15) is 17.7 Å². The molecule has 0 bridgehead atoms. The van der Waals surface area contributed by atoms with E-state index >= 15 is 0 Å². The maximum absolute atomic E-state index is 10.3. The molecule has 4 nitrogen and oxygen atoms in total. The number of benzene rings is 1. The Morgan fingerprint density at radius 1 is 1.35 bits per heavy atom. The number of aryl methyl sites for hydroxylation is 1. The Morgan fingerprint density at radius 2 is 2.15 bits per heavy atom. The summed E-state index contributed by atoms with van der Waals surface area (Å²) in [5.74, 6) is 1.41. The molecular formula is C15H15BrN2O2. The SMILES string of the molecule is CCn1c(CC(O)c2occc2Br)nc2ccccc21. The minimum absolute atomic E-state index is 0.425. The van der Waals surface area contributed by atoms with Gasteiger partial charge in [-0.25, -0.2) is 4.98 Å². The molecule has 0 fully saturated rings. The molecule has 1 unspecified atom stereocenters. The van der Waals surface area contributed by atoms with Gasteiger partial charge in [-0.15, -0.1) is 0 Å². The van der Waals surface area contributed by atoms with Crippen LogP contribution in [0.4, 0.5) is 0 Å². The predicted molar refractivity (Wildman–Crippen MR) is 80.5 cm³/mol. The fraction of sp³-hybridized carbons (Fsp3) is 0.267. The minimum Gasteiger partial charge on any atom is -0.465 e. The van der Waals surface area contributed by atoms with Crippen molar-refractivity contribution in [1.82, 2.24) is 9.55 Å². The van der Waals surface area contributed by atoms with Gasteiger partial charge in [-0.2, -0.15) is 0 Å². The molecule has 0 aliphatic heterocycles. The first-order valence-electron chi connectivity index (χ1n) is 6.55. The van der Waals surface area contributed by atoms with Crippen LogP contribution in [0, 0.1) is 0 Å². The molecule has 20 heavy (non-hydrogen) atoms. The third-order valence-electron chi connectivity index (χ3n) is 3.37. The van der Waals surface area contributed by atoms with Crippen molar-refractivity contribution in [3.05, 3.63) is 52.7 Å². The zero-order valence-corrected chi connectivity index (χ0v) is 12.7. The summed E-state index contributed by atoms with van der Waals surface area (Å²) in [4.78, 5) is 4.61. The van der Waals surface area contributed by atoms with Crippen LogP contribution in [0.25, 0.3) is 11.0 Å². The number of rotatable bonds is 4. The van der Waals surface area contributed by atoms with Crippen LogP contribution in [-0.4, -0.2) is 14.7 Å². The Kier molecular flexibility index (Phi) is 3.63. The minimum atomic E-state index is -0.707. The third kappa shape index (κ3) is 2.27. The van der Waals surface area contributed by atoms with Crippen molar-refractivity contribution < 1.29 is 9.52 Å². The van der Waals surface area contributed by atoms with E-state index in [1.165, 1.54) is 0 Å². The largest absolute Gasteiger partial charge is 0.465 e. The standard InChI is InChI=1S/C15H15BrN2O2/c1-2-18-12-6-4-3-5-11(12)17-14(18)9-13(19)15-10(16)7-8-20-15/h3-8,13,19H,2,9H2,1H3. The molecule has 0 aliphatic rings. The van der Waals surface area contributed by atoms with Gasteiger partial charge >= 0.3 is 0 Å². The van der Waals surface area contributed by atoms with Crippen LogP contribution in [0.1, 0.15) is 24.6 Å². The second kappa shape index (κ2) is 5.42. The molecule has 0 aliphatic carbocycles. The lowest BCUT2D eigenvalue weighted by Gasteiger charge is -2.10. The van der Waals surface area contributed by atoms with Crippen LogP contribution in [-0.2, 0) is 13.0 Å². The van der Waals surface area contributed by atoms with E-state index in [2.05, 4.69) is 32.4 Å². The second-order valence-electron chi connectivity index (χ2n) is 4.61. The fourth-order valence-electron chi connectivity index (χ4n) is 2.44. The number of para-hydroxylation sites is 2. The van der Waals surface area contributed by atoms with E-state index in [4.69, 9.17) is 4.42 Å². The van der Waals surface area contributed by atoms with Crippen molar-refractivity contribution in [2.75, 3.05) is 0 Å². The highest BCUT2D eigenvalue weighted by Gasteiger charge is 2.19. The predicted octanol–water partition coefficient (Wildman–Crippen LogP) is 3.69. The Bertz CT molecular complexity index is 732. The van der Waals surface area contributed by atoms with Crippen molar-refractivity contribution in [2.45, 2.75) is 26.0 Å². The first-order valence-corrected chi connectivity index (χ1v) is 7.35. The molecule has 1 N–H and O–H groups in total. The van der Waals surface area contributed by atoms with Gasteiger partial charge in [0.25, 0.3) is 0 Å². The molecule has 0 saturated heterocycles. The summed E-state index contributed by atoms with van der Waals surface area (Å²) in [7, 11) is 0. The molecule has 3 aromatic rings. The van der Waals surface area contributed by atoms with E-state index in [9.17, 15) is 5.11 Å². The Hall–Kier alpha value is -1.59. The van der Waals surface area contributed by atoms with Crippen LogP contribution >= 0.6 is 15.9 Å². The molecule has 3 rings (SSSR count). The monoisotopic (exact) mass is 334 g/mol. The number of aliphatic hydroxyl groups is 1. The van der Waals surface area contributed by atoms with Crippen molar-refractivity contribution in [1.29, 1.82) is 0 Å². The zero-order valence-electron chi connectivity index (χ0n) is 11.1. The number of halogens is 1. The van der Waals surface area contributed by atoms with Gasteiger partial charge in [0, 0.05) is 13.0 Å². The number of hydrogen-bond donors (Lipinski definition) is 1. The van der Waals surface area contributed by atoms with E-state index in [1.807, 2.05) is 24.3 Å². The van der Waals surface area contributed by atoms with Gasteiger partial charge in [-0.3, -0.25) is 0 Å². The summed E-state index contributed by atoms with van der Waals surface area (Å²) in [6.07, 6.45) is 1.28. The summed E-state index contributed by atoms with van der Waals surface area (Å²) < 4.78 is 8.21. The number of hydrogen-bond acceptors (Lipinski definition) is 3. The van der Waals surface area contributed by atoms with Crippen LogP contribution < -0.4 is 0 Å². The number of imidazole rings is 1. The van der Waals surface area contributed by atoms with Crippen molar-refractivity contribution >= 4 is 27.0 Å². The molecule has 104 valence electrons. The number of aromatic nitrogens is 2. The highest BCUT2D eigenvalue weighted by Crippen LogP contribution is 2.28. The maximum Gasteiger partial charge on any atom is 0.146 e. The van der Waals surface area contributed by atoms with Crippen LogP contribution in [0.3, 0.4) is 0 Å². The van der Waals surface area contributed by atoms with Crippen molar-refractivity contribution in [3.8, 4) is 0 Å². The highest BCUT2D eigenvalue weighted by atomic mass is 79.9. The van der Waals surface area contributed by atoms with E-state index < -0.39 is 6.10 Å². The average Bonchev–Trinajstić information content (AvgIpc) is 3.01. The quantitative estimate of drug-likeness (QED) is 0.791. The molecule has 0 spiro atoms. The molecular weight excluding hydrogens is 320 g/mol. The summed E-state index contributed by atoms with van der Waals surface area (Å²) in [5.41, 5.74) is 2.05. The first kappa shape index (κ1) is 13.4. The van der Waals surface area contributed by atoms with Crippen LogP contribution in [0.2, 0.25) is 0 Å². The average molecular weight is 335 g/mol. The van der Waals surface area contributed by atoms with Gasteiger partial charge in [-0.1, -0.05) is 12.1 Å². The Morgan fingerprint density at radius 3 is 2.85 bits per heavy atom. The van der Waals surface area contributed by atoms with Crippen LogP contribution in [0.15, 0.2) is 45.5 Å². The second-order valence-corrected chi connectivity index (χ2v) is 5.47. The van der Waals surface area contributed by atoms with E-state index in [-0.39, 0.29) is 0 Å². The smallest absolute Gasteiger partial charge is 0.146 e. The lowest BCUT2D eigenvalue weighted by atomic mass is 10.2. The van der Waals surface area contributed by atoms with Gasteiger partial charge in [0.15, 0.2) is 0 Å². The Balaban J connectivity index is 1.96. The van der Waals surface area contributed by atoms with Crippen molar-refractivity contribution in [2.24, 2.45) is 0 Å².